The molecule has 3 rings (SSSR count). The second kappa shape index (κ2) is 8.81. The van der Waals surface area contributed by atoms with E-state index in [2.05, 4.69) is 17.4 Å². The monoisotopic (exact) mass is 329 g/mol. The summed E-state index contributed by atoms with van der Waals surface area (Å²) in [6.07, 6.45) is 3.96. The Morgan fingerprint density at radius 3 is 2.71 bits per heavy atom. The minimum atomic E-state index is -0.237. The number of hydrogen-bond acceptors (Lipinski definition) is 3. The Hall–Kier alpha value is -1.91. The molecule has 0 aliphatic carbocycles. The van der Waals surface area contributed by atoms with Crippen LogP contribution in [0.2, 0.25) is 0 Å². The lowest BCUT2D eigenvalue weighted by atomic mass is 10.1. The first-order chi connectivity index (χ1) is 11.8. The van der Waals surface area contributed by atoms with Gasteiger partial charge in [0.1, 0.15) is 18.2 Å². The maximum Gasteiger partial charge on any atom is 0.123 e. The van der Waals surface area contributed by atoms with E-state index < -0.39 is 0 Å². The van der Waals surface area contributed by atoms with Crippen LogP contribution >= 0.6 is 0 Å². The third-order valence-electron chi connectivity index (χ3n) is 4.19. The fraction of sp³-hybridized carbons (Fsp3) is 0.400. The van der Waals surface area contributed by atoms with E-state index in [4.69, 9.17) is 9.47 Å². The second-order valence-corrected chi connectivity index (χ2v) is 6.18. The minimum Gasteiger partial charge on any atom is -0.489 e. The molecule has 1 aliphatic heterocycles. The van der Waals surface area contributed by atoms with Crippen LogP contribution in [0, 0.1) is 5.82 Å². The van der Waals surface area contributed by atoms with E-state index in [9.17, 15) is 4.39 Å². The molecule has 1 saturated heterocycles. The van der Waals surface area contributed by atoms with Gasteiger partial charge >= 0.3 is 0 Å². The molecular weight excluding hydrogens is 305 g/mol. The summed E-state index contributed by atoms with van der Waals surface area (Å²) in [4.78, 5) is 0. The van der Waals surface area contributed by atoms with Crippen molar-refractivity contribution in [1.29, 1.82) is 0 Å². The predicted molar refractivity (Wildman–Crippen MR) is 92.5 cm³/mol. The van der Waals surface area contributed by atoms with Gasteiger partial charge < -0.3 is 14.8 Å². The van der Waals surface area contributed by atoms with Crippen molar-refractivity contribution in [2.24, 2.45) is 0 Å². The Kier molecular flexibility index (Phi) is 6.21. The van der Waals surface area contributed by atoms with Gasteiger partial charge in [0.15, 0.2) is 0 Å². The van der Waals surface area contributed by atoms with Crippen molar-refractivity contribution in [1.82, 2.24) is 5.32 Å². The number of hydrogen-bond donors (Lipinski definition) is 1. The Morgan fingerprint density at radius 1 is 1.08 bits per heavy atom. The van der Waals surface area contributed by atoms with Gasteiger partial charge in [0, 0.05) is 19.7 Å². The average Bonchev–Trinajstić information content (AvgIpc) is 2.62. The summed E-state index contributed by atoms with van der Waals surface area (Å²) < 4.78 is 24.5. The first kappa shape index (κ1) is 16.9. The molecule has 1 unspecified atom stereocenters. The van der Waals surface area contributed by atoms with Crippen LogP contribution in [0.1, 0.15) is 30.4 Å². The molecule has 128 valence electrons. The van der Waals surface area contributed by atoms with Crippen molar-refractivity contribution in [3.63, 3.8) is 0 Å². The molecular formula is C20H24FNO2. The minimum absolute atomic E-state index is 0.237. The van der Waals surface area contributed by atoms with Crippen LogP contribution in [-0.2, 0) is 17.9 Å². The predicted octanol–water partition coefficient (Wildman–Crippen LogP) is 4.06. The maximum atomic E-state index is 13.1. The molecule has 1 heterocycles. The van der Waals surface area contributed by atoms with Gasteiger partial charge in [-0.15, -0.1) is 0 Å². The zero-order valence-electron chi connectivity index (χ0n) is 13.8. The smallest absolute Gasteiger partial charge is 0.123 e. The van der Waals surface area contributed by atoms with Gasteiger partial charge in [0.05, 0.1) is 6.10 Å². The Bertz CT molecular complexity index is 624. The maximum absolute atomic E-state index is 13.1. The van der Waals surface area contributed by atoms with Crippen molar-refractivity contribution in [2.75, 3.05) is 13.2 Å². The zero-order valence-corrected chi connectivity index (χ0v) is 13.8. The number of halogens is 1. The normalized spacial score (nSPS) is 17.6. The highest BCUT2D eigenvalue weighted by atomic mass is 19.1. The number of ether oxygens (including phenoxy) is 2. The highest BCUT2D eigenvalue weighted by molar-refractivity contribution is 5.27. The molecule has 3 nitrogen and oxygen atoms in total. The number of rotatable bonds is 7. The van der Waals surface area contributed by atoms with Crippen molar-refractivity contribution in [3.05, 3.63) is 65.5 Å². The lowest BCUT2D eigenvalue weighted by Crippen LogP contribution is -2.31. The molecule has 1 fully saturated rings. The topological polar surface area (TPSA) is 30.5 Å². The highest BCUT2D eigenvalue weighted by Gasteiger charge is 2.12. The molecule has 0 aromatic heterocycles. The van der Waals surface area contributed by atoms with Crippen LogP contribution in [0.3, 0.4) is 0 Å². The Balaban J connectivity index is 1.41. The van der Waals surface area contributed by atoms with Crippen molar-refractivity contribution in [2.45, 2.75) is 38.5 Å². The molecule has 2 aromatic carbocycles. The molecule has 24 heavy (non-hydrogen) atoms. The molecule has 0 saturated carbocycles. The molecule has 0 spiro atoms. The quantitative estimate of drug-likeness (QED) is 0.831. The first-order valence-corrected chi connectivity index (χ1v) is 8.58. The van der Waals surface area contributed by atoms with E-state index in [1.54, 1.807) is 6.07 Å². The van der Waals surface area contributed by atoms with E-state index in [0.29, 0.717) is 12.7 Å². The fourth-order valence-electron chi connectivity index (χ4n) is 2.84. The summed E-state index contributed by atoms with van der Waals surface area (Å²) in [5.74, 6) is 0.554. The van der Waals surface area contributed by atoms with E-state index >= 15 is 0 Å². The third-order valence-corrected chi connectivity index (χ3v) is 4.19. The third kappa shape index (κ3) is 5.32. The van der Waals surface area contributed by atoms with Gasteiger partial charge in [-0.2, -0.15) is 0 Å². The SMILES string of the molecule is Fc1cccc(COc2ccc(CNCC3CCCCO3)cc2)c1. The Labute approximate surface area is 142 Å². The summed E-state index contributed by atoms with van der Waals surface area (Å²) >= 11 is 0. The molecule has 2 aromatic rings. The Morgan fingerprint density at radius 2 is 1.96 bits per heavy atom. The molecule has 0 bridgehead atoms. The summed E-state index contributed by atoms with van der Waals surface area (Å²) in [6.45, 7) is 2.99. The molecule has 1 atom stereocenters. The van der Waals surface area contributed by atoms with Crippen LogP contribution in [0.15, 0.2) is 48.5 Å². The van der Waals surface area contributed by atoms with E-state index in [1.807, 2.05) is 18.2 Å². The highest BCUT2D eigenvalue weighted by Crippen LogP contribution is 2.15. The van der Waals surface area contributed by atoms with Gasteiger partial charge in [-0.3, -0.25) is 0 Å². The number of benzene rings is 2. The summed E-state index contributed by atoms with van der Waals surface area (Å²) in [5, 5.41) is 3.45. The number of nitrogens with one attached hydrogen (secondary N) is 1. The molecule has 0 radical (unpaired) electrons. The average molecular weight is 329 g/mol. The van der Waals surface area contributed by atoms with Crippen LogP contribution in [0.5, 0.6) is 5.75 Å². The van der Waals surface area contributed by atoms with Crippen molar-refractivity contribution >= 4 is 0 Å². The van der Waals surface area contributed by atoms with Gasteiger partial charge in [-0.25, -0.2) is 4.39 Å². The zero-order chi connectivity index (χ0) is 16.6. The summed E-state index contributed by atoms with van der Waals surface area (Å²) in [5.41, 5.74) is 2.04. The van der Waals surface area contributed by atoms with Crippen LogP contribution in [-0.4, -0.2) is 19.3 Å². The molecule has 1 N–H and O–H groups in total. The van der Waals surface area contributed by atoms with Gasteiger partial charge in [0.2, 0.25) is 0 Å². The van der Waals surface area contributed by atoms with Crippen LogP contribution in [0.4, 0.5) is 4.39 Å². The van der Waals surface area contributed by atoms with Crippen LogP contribution < -0.4 is 10.1 Å². The van der Waals surface area contributed by atoms with Crippen molar-refractivity contribution < 1.29 is 13.9 Å². The second-order valence-electron chi connectivity index (χ2n) is 6.18. The standard InChI is InChI=1S/C20H24FNO2/c21-18-5-3-4-17(12-18)15-24-19-9-7-16(8-10-19)13-22-14-20-6-1-2-11-23-20/h3-5,7-10,12,20,22H,1-2,6,11,13-15H2. The lowest BCUT2D eigenvalue weighted by Gasteiger charge is -2.22. The van der Waals surface area contributed by atoms with Crippen molar-refractivity contribution in [3.8, 4) is 5.75 Å². The molecule has 0 amide bonds. The van der Waals surface area contributed by atoms with E-state index in [1.165, 1.54) is 30.5 Å². The fourth-order valence-corrected chi connectivity index (χ4v) is 2.84. The van der Waals surface area contributed by atoms with Gasteiger partial charge in [-0.05, 0) is 54.7 Å². The summed E-state index contributed by atoms with van der Waals surface area (Å²) in [6, 6.07) is 14.5. The van der Waals surface area contributed by atoms with E-state index in [-0.39, 0.29) is 5.82 Å². The van der Waals surface area contributed by atoms with Gasteiger partial charge in [-0.1, -0.05) is 24.3 Å². The van der Waals surface area contributed by atoms with E-state index in [0.717, 1.165) is 37.4 Å². The molecule has 4 heteroatoms. The largest absolute Gasteiger partial charge is 0.489 e. The first-order valence-electron chi connectivity index (χ1n) is 8.58. The van der Waals surface area contributed by atoms with Gasteiger partial charge in [0.25, 0.3) is 0 Å². The summed E-state index contributed by atoms with van der Waals surface area (Å²) in [7, 11) is 0. The lowest BCUT2D eigenvalue weighted by molar-refractivity contribution is 0.0168. The van der Waals surface area contributed by atoms with Crippen LogP contribution in [0.25, 0.3) is 0 Å². The molecule has 1 aliphatic rings.